The molecule has 1 saturated carbocycles. The molecule has 0 radical (unpaired) electrons. The van der Waals surface area contributed by atoms with Gasteiger partial charge in [0.2, 0.25) is 0 Å². The zero-order chi connectivity index (χ0) is 25.3. The second-order valence-electron chi connectivity index (χ2n) is 10.4. The number of ether oxygens (including phenoxy) is 3. The van der Waals surface area contributed by atoms with E-state index in [1.54, 1.807) is 45.9 Å². The highest BCUT2D eigenvalue weighted by atomic mass is 16.6. The van der Waals surface area contributed by atoms with Crippen LogP contribution in [0.1, 0.15) is 76.7 Å². The monoisotopic (exact) mass is 467 g/mol. The normalized spacial score (nSPS) is 23.5. The SMILES string of the molecule is CCOC(=O)C(C#N)c1cccc2c1CCC2OC(=O)[C@@H]1[C@H](C=CC(=O)OC(C)(C)C)C1(C)C. The summed E-state index contributed by atoms with van der Waals surface area (Å²) in [5, 5.41) is 9.56. The van der Waals surface area contributed by atoms with Gasteiger partial charge in [0, 0.05) is 6.08 Å². The van der Waals surface area contributed by atoms with Gasteiger partial charge < -0.3 is 14.2 Å². The molecule has 0 spiro atoms. The molecule has 0 heterocycles. The first kappa shape index (κ1) is 25.5. The van der Waals surface area contributed by atoms with Gasteiger partial charge in [0.25, 0.3) is 0 Å². The van der Waals surface area contributed by atoms with Crippen molar-refractivity contribution in [3.05, 3.63) is 47.0 Å². The average Bonchev–Trinajstić information content (AvgIpc) is 3.06. The first-order chi connectivity index (χ1) is 15.9. The summed E-state index contributed by atoms with van der Waals surface area (Å²) in [6.07, 6.45) is 3.88. The molecule has 3 rings (SSSR count). The molecule has 0 aliphatic heterocycles. The number of hydrogen-bond donors (Lipinski definition) is 0. The molecule has 1 aromatic rings. The highest BCUT2D eigenvalue weighted by molar-refractivity contribution is 5.84. The van der Waals surface area contributed by atoms with Gasteiger partial charge in [0.15, 0.2) is 5.92 Å². The minimum absolute atomic E-state index is 0.119. The van der Waals surface area contributed by atoms with Gasteiger partial charge in [-0.15, -0.1) is 0 Å². The molecule has 4 atom stereocenters. The Hall–Kier alpha value is -3.14. The average molecular weight is 468 g/mol. The molecule has 7 nitrogen and oxygen atoms in total. The van der Waals surface area contributed by atoms with Crippen molar-refractivity contribution in [3.8, 4) is 6.07 Å². The number of nitriles is 1. The van der Waals surface area contributed by atoms with Crippen molar-refractivity contribution in [1.82, 2.24) is 0 Å². The van der Waals surface area contributed by atoms with Crippen LogP contribution in [0.3, 0.4) is 0 Å². The lowest BCUT2D eigenvalue weighted by molar-refractivity contribution is -0.152. The van der Waals surface area contributed by atoms with Gasteiger partial charge in [-0.3, -0.25) is 9.59 Å². The van der Waals surface area contributed by atoms with E-state index >= 15 is 0 Å². The zero-order valence-corrected chi connectivity index (χ0v) is 20.7. The van der Waals surface area contributed by atoms with Gasteiger partial charge in [-0.05, 0) is 68.6 Å². The molecule has 0 N–H and O–H groups in total. The van der Waals surface area contributed by atoms with Crippen LogP contribution in [-0.2, 0) is 35.0 Å². The topological polar surface area (TPSA) is 103 Å². The Kier molecular flexibility index (Phi) is 7.21. The summed E-state index contributed by atoms with van der Waals surface area (Å²) in [6, 6.07) is 7.45. The lowest BCUT2D eigenvalue weighted by atomic mass is 9.93. The van der Waals surface area contributed by atoms with Crippen LogP contribution in [0.2, 0.25) is 0 Å². The number of allylic oxidation sites excluding steroid dienone is 1. The first-order valence-corrected chi connectivity index (χ1v) is 11.7. The second-order valence-corrected chi connectivity index (χ2v) is 10.4. The molecule has 0 amide bonds. The van der Waals surface area contributed by atoms with Crippen molar-refractivity contribution >= 4 is 17.9 Å². The number of esters is 3. The van der Waals surface area contributed by atoms with Crippen LogP contribution in [0.25, 0.3) is 0 Å². The maximum absolute atomic E-state index is 13.0. The molecule has 0 saturated heterocycles. The van der Waals surface area contributed by atoms with E-state index in [1.165, 1.54) is 6.08 Å². The third-order valence-electron chi connectivity index (χ3n) is 6.48. The van der Waals surface area contributed by atoms with Crippen molar-refractivity contribution in [1.29, 1.82) is 5.26 Å². The van der Waals surface area contributed by atoms with Crippen molar-refractivity contribution in [3.63, 3.8) is 0 Å². The van der Waals surface area contributed by atoms with Gasteiger partial charge in [0.1, 0.15) is 11.7 Å². The third kappa shape index (κ3) is 5.32. The summed E-state index contributed by atoms with van der Waals surface area (Å²) in [5.74, 6) is -2.80. The van der Waals surface area contributed by atoms with Crippen LogP contribution >= 0.6 is 0 Å². The highest BCUT2D eigenvalue weighted by Gasteiger charge is 2.61. The minimum Gasteiger partial charge on any atom is -0.465 e. The molecule has 34 heavy (non-hydrogen) atoms. The fourth-order valence-corrected chi connectivity index (χ4v) is 4.73. The summed E-state index contributed by atoms with van der Waals surface area (Å²) in [6.45, 7) is 11.3. The first-order valence-electron chi connectivity index (χ1n) is 11.7. The predicted octanol–water partition coefficient (Wildman–Crippen LogP) is 4.56. The molecule has 2 aliphatic carbocycles. The van der Waals surface area contributed by atoms with E-state index in [9.17, 15) is 19.6 Å². The van der Waals surface area contributed by atoms with Crippen molar-refractivity contribution in [2.45, 2.75) is 72.0 Å². The maximum atomic E-state index is 13.0. The van der Waals surface area contributed by atoms with Crippen LogP contribution in [0, 0.1) is 28.6 Å². The van der Waals surface area contributed by atoms with E-state index in [4.69, 9.17) is 14.2 Å². The lowest BCUT2D eigenvalue weighted by Crippen LogP contribution is -2.22. The summed E-state index contributed by atoms with van der Waals surface area (Å²) < 4.78 is 16.3. The molecule has 2 unspecified atom stereocenters. The van der Waals surface area contributed by atoms with Crippen molar-refractivity contribution < 1.29 is 28.6 Å². The maximum Gasteiger partial charge on any atom is 0.330 e. The van der Waals surface area contributed by atoms with Crippen LogP contribution in [0.4, 0.5) is 0 Å². The Morgan fingerprint density at radius 2 is 1.97 bits per heavy atom. The van der Waals surface area contributed by atoms with Gasteiger partial charge in [-0.2, -0.15) is 5.26 Å². The number of fused-ring (bicyclic) bond motifs is 1. The van der Waals surface area contributed by atoms with Crippen LogP contribution < -0.4 is 0 Å². The molecule has 0 bridgehead atoms. The summed E-state index contributed by atoms with van der Waals surface area (Å²) in [7, 11) is 0. The molecular formula is C27H33NO6. The Bertz CT molecular complexity index is 1040. The third-order valence-corrected chi connectivity index (χ3v) is 6.48. The van der Waals surface area contributed by atoms with E-state index in [0.29, 0.717) is 18.4 Å². The molecule has 0 aromatic heterocycles. The van der Waals surface area contributed by atoms with Crippen molar-refractivity contribution in [2.75, 3.05) is 6.61 Å². The number of carbonyl (C=O) groups excluding carboxylic acids is 3. The van der Waals surface area contributed by atoms with Crippen LogP contribution in [0.15, 0.2) is 30.4 Å². The number of rotatable bonds is 7. The fraction of sp³-hybridized carbons (Fsp3) is 0.556. The van der Waals surface area contributed by atoms with E-state index in [1.807, 2.05) is 26.0 Å². The largest absolute Gasteiger partial charge is 0.465 e. The zero-order valence-electron chi connectivity index (χ0n) is 20.7. The lowest BCUT2D eigenvalue weighted by Gasteiger charge is -2.17. The van der Waals surface area contributed by atoms with Gasteiger partial charge in [-0.25, -0.2) is 4.79 Å². The summed E-state index contributed by atoms with van der Waals surface area (Å²) >= 11 is 0. The number of nitrogens with zero attached hydrogens (tertiary/aromatic N) is 1. The minimum atomic E-state index is -1.01. The second kappa shape index (κ2) is 9.61. The van der Waals surface area contributed by atoms with Crippen molar-refractivity contribution in [2.24, 2.45) is 17.3 Å². The quantitative estimate of drug-likeness (QED) is 0.329. The standard InChI is InChI=1S/C27H33NO6/c1-7-32-24(30)19(15-28)16-9-8-10-18-17(16)11-13-21(18)33-25(31)23-20(27(23,5)6)12-14-22(29)34-26(2,3)4/h8-10,12,14,19-21,23H,7,11,13H2,1-6H3/t19?,20-,21?,23-/m0/s1. The van der Waals surface area contributed by atoms with Gasteiger partial charge in [-0.1, -0.05) is 38.1 Å². The van der Waals surface area contributed by atoms with E-state index in [0.717, 1.165) is 11.1 Å². The number of benzene rings is 1. The van der Waals surface area contributed by atoms with Gasteiger partial charge in [0.05, 0.1) is 18.6 Å². The predicted molar refractivity (Wildman–Crippen MR) is 124 cm³/mol. The highest BCUT2D eigenvalue weighted by Crippen LogP contribution is 2.60. The Labute approximate surface area is 201 Å². The van der Waals surface area contributed by atoms with E-state index in [2.05, 4.69) is 0 Å². The number of hydrogen-bond acceptors (Lipinski definition) is 7. The van der Waals surface area contributed by atoms with Crippen LogP contribution in [0.5, 0.6) is 0 Å². The molecule has 7 heteroatoms. The molecule has 182 valence electrons. The Morgan fingerprint density at radius 3 is 2.59 bits per heavy atom. The summed E-state index contributed by atoms with van der Waals surface area (Å²) in [4.78, 5) is 37.3. The van der Waals surface area contributed by atoms with E-state index in [-0.39, 0.29) is 29.8 Å². The number of carbonyl (C=O) groups is 3. The molecule has 1 aromatic carbocycles. The fourth-order valence-electron chi connectivity index (χ4n) is 4.73. The molecule has 1 fully saturated rings. The van der Waals surface area contributed by atoms with Crippen LogP contribution in [-0.4, -0.2) is 30.1 Å². The summed E-state index contributed by atoms with van der Waals surface area (Å²) in [5.41, 5.74) is 1.41. The van der Waals surface area contributed by atoms with Gasteiger partial charge >= 0.3 is 17.9 Å². The Morgan fingerprint density at radius 1 is 1.26 bits per heavy atom. The van der Waals surface area contributed by atoms with E-state index < -0.39 is 29.6 Å². The molecule has 2 aliphatic rings. The Balaban J connectivity index is 1.71. The smallest absolute Gasteiger partial charge is 0.330 e. The molecular weight excluding hydrogens is 434 g/mol.